The molecule has 5 nitrogen and oxygen atoms in total. The molecule has 128 valence electrons. The van der Waals surface area contributed by atoms with Gasteiger partial charge in [-0.15, -0.1) is 0 Å². The Balaban J connectivity index is 2.10. The predicted molar refractivity (Wildman–Crippen MR) is 90.6 cm³/mol. The van der Waals surface area contributed by atoms with E-state index >= 15 is 0 Å². The largest absolute Gasteiger partial charge is 0.497 e. The molecule has 1 amide bonds. The van der Waals surface area contributed by atoms with Gasteiger partial charge < -0.3 is 20.5 Å². The second-order valence-electron chi connectivity index (χ2n) is 6.35. The monoisotopic (exact) mass is 320 g/mol. The van der Waals surface area contributed by atoms with Crippen LogP contribution < -0.4 is 15.8 Å². The van der Waals surface area contributed by atoms with Gasteiger partial charge in [0.15, 0.2) is 0 Å². The second kappa shape index (κ2) is 8.31. The molecule has 1 aromatic rings. The number of amides is 1. The number of carbonyl (C=O) groups is 1. The fraction of sp³-hybridized carbons (Fsp3) is 0.611. The molecular weight excluding hydrogens is 292 g/mol. The first kappa shape index (κ1) is 17.8. The summed E-state index contributed by atoms with van der Waals surface area (Å²) in [6.45, 7) is 0.858. The van der Waals surface area contributed by atoms with E-state index in [0.29, 0.717) is 6.54 Å². The molecule has 1 saturated carbocycles. The average Bonchev–Trinajstić information content (AvgIpc) is 2.60. The smallest absolute Gasteiger partial charge is 0.239 e. The minimum atomic E-state index is -0.614. The number of rotatable bonds is 7. The third-order valence-corrected chi connectivity index (χ3v) is 4.80. The van der Waals surface area contributed by atoms with Crippen LogP contribution >= 0.6 is 0 Å². The molecule has 0 saturated heterocycles. The molecule has 1 unspecified atom stereocenters. The summed E-state index contributed by atoms with van der Waals surface area (Å²) >= 11 is 0. The summed E-state index contributed by atoms with van der Waals surface area (Å²) in [7, 11) is 3.22. The van der Waals surface area contributed by atoms with Gasteiger partial charge in [0.25, 0.3) is 0 Å². The molecular formula is C18H28N2O3. The maximum atomic E-state index is 12.1. The van der Waals surface area contributed by atoms with Gasteiger partial charge >= 0.3 is 0 Å². The lowest BCUT2D eigenvalue weighted by Crippen LogP contribution is -2.49. The summed E-state index contributed by atoms with van der Waals surface area (Å²) in [5.74, 6) is 0.705. The van der Waals surface area contributed by atoms with Crippen LogP contribution in [0.4, 0.5) is 0 Å². The van der Waals surface area contributed by atoms with Crippen molar-refractivity contribution in [2.75, 3.05) is 27.4 Å². The van der Waals surface area contributed by atoms with E-state index in [2.05, 4.69) is 17.4 Å². The van der Waals surface area contributed by atoms with Gasteiger partial charge in [-0.1, -0.05) is 31.4 Å². The van der Waals surface area contributed by atoms with Crippen molar-refractivity contribution in [3.63, 3.8) is 0 Å². The van der Waals surface area contributed by atoms with Gasteiger partial charge in [0.1, 0.15) is 11.8 Å². The van der Waals surface area contributed by atoms with E-state index in [1.54, 1.807) is 14.2 Å². The maximum absolute atomic E-state index is 12.1. The van der Waals surface area contributed by atoms with Gasteiger partial charge in [-0.25, -0.2) is 0 Å². The first-order valence-electron chi connectivity index (χ1n) is 8.28. The quantitative estimate of drug-likeness (QED) is 0.806. The van der Waals surface area contributed by atoms with Crippen molar-refractivity contribution in [3.8, 4) is 5.75 Å². The van der Waals surface area contributed by atoms with Gasteiger partial charge in [0.2, 0.25) is 5.91 Å². The normalized spacial score (nSPS) is 18.2. The zero-order valence-corrected chi connectivity index (χ0v) is 14.1. The molecule has 0 aliphatic heterocycles. The van der Waals surface area contributed by atoms with Crippen LogP contribution in [0.25, 0.3) is 0 Å². The van der Waals surface area contributed by atoms with E-state index in [0.717, 1.165) is 18.6 Å². The molecule has 5 heteroatoms. The van der Waals surface area contributed by atoms with Gasteiger partial charge in [-0.05, 0) is 30.5 Å². The minimum absolute atomic E-state index is 0.00697. The number of carbonyl (C=O) groups excluding carboxylic acids is 1. The van der Waals surface area contributed by atoms with Crippen molar-refractivity contribution < 1.29 is 14.3 Å². The number of nitrogens with one attached hydrogen (secondary N) is 1. The Labute approximate surface area is 138 Å². The Hall–Kier alpha value is -1.59. The SMILES string of the molecule is COCC(N)C(=O)NCC1(c2ccc(OC)cc2)CCCCC1. The number of hydrogen-bond donors (Lipinski definition) is 2. The fourth-order valence-corrected chi connectivity index (χ4v) is 3.38. The van der Waals surface area contributed by atoms with Crippen molar-refractivity contribution in [2.24, 2.45) is 5.73 Å². The zero-order chi connectivity index (χ0) is 16.7. The molecule has 0 aromatic heterocycles. The molecule has 23 heavy (non-hydrogen) atoms. The van der Waals surface area contributed by atoms with Crippen LogP contribution in [0.2, 0.25) is 0 Å². The summed E-state index contributed by atoms with van der Waals surface area (Å²) in [4.78, 5) is 12.1. The zero-order valence-electron chi connectivity index (χ0n) is 14.1. The number of benzene rings is 1. The molecule has 1 aromatic carbocycles. The van der Waals surface area contributed by atoms with E-state index in [1.165, 1.54) is 24.8 Å². The summed E-state index contributed by atoms with van der Waals surface area (Å²) < 4.78 is 10.2. The molecule has 2 rings (SSSR count). The molecule has 0 radical (unpaired) electrons. The maximum Gasteiger partial charge on any atom is 0.239 e. The molecule has 1 aliphatic rings. The summed E-state index contributed by atoms with van der Waals surface area (Å²) in [6, 6.07) is 7.60. The Morgan fingerprint density at radius 2 is 1.87 bits per heavy atom. The molecule has 3 N–H and O–H groups in total. The van der Waals surface area contributed by atoms with Crippen molar-refractivity contribution in [1.29, 1.82) is 0 Å². The topological polar surface area (TPSA) is 73.6 Å². The summed E-state index contributed by atoms with van der Waals surface area (Å²) in [6.07, 6.45) is 5.80. The molecule has 1 fully saturated rings. The molecule has 1 aliphatic carbocycles. The predicted octanol–water partition coefficient (Wildman–Crippen LogP) is 1.99. The molecule has 0 heterocycles. The van der Waals surface area contributed by atoms with Crippen molar-refractivity contribution in [3.05, 3.63) is 29.8 Å². The Kier molecular flexibility index (Phi) is 6.42. The lowest BCUT2D eigenvalue weighted by atomic mass is 9.69. The van der Waals surface area contributed by atoms with Crippen LogP contribution in [0.5, 0.6) is 5.75 Å². The molecule has 0 spiro atoms. The number of ether oxygens (including phenoxy) is 2. The van der Waals surface area contributed by atoms with Gasteiger partial charge in [0.05, 0.1) is 13.7 Å². The Bertz CT molecular complexity index is 495. The van der Waals surface area contributed by atoms with Crippen LogP contribution in [0.1, 0.15) is 37.7 Å². The van der Waals surface area contributed by atoms with E-state index in [4.69, 9.17) is 15.2 Å². The van der Waals surface area contributed by atoms with Crippen LogP contribution in [-0.2, 0) is 14.9 Å². The first-order valence-corrected chi connectivity index (χ1v) is 8.28. The van der Waals surface area contributed by atoms with Crippen LogP contribution in [-0.4, -0.2) is 39.3 Å². The first-order chi connectivity index (χ1) is 11.1. The third kappa shape index (κ3) is 4.45. The number of methoxy groups -OCH3 is 2. The number of nitrogens with two attached hydrogens (primary N) is 1. The van der Waals surface area contributed by atoms with E-state index in [-0.39, 0.29) is 17.9 Å². The van der Waals surface area contributed by atoms with Crippen LogP contribution in [0.15, 0.2) is 24.3 Å². The molecule has 0 bridgehead atoms. The second-order valence-corrected chi connectivity index (χ2v) is 6.35. The highest BCUT2D eigenvalue weighted by Crippen LogP contribution is 2.39. The minimum Gasteiger partial charge on any atom is -0.497 e. The van der Waals surface area contributed by atoms with Crippen LogP contribution in [0.3, 0.4) is 0 Å². The van der Waals surface area contributed by atoms with Crippen LogP contribution in [0, 0.1) is 0 Å². The van der Waals surface area contributed by atoms with E-state index < -0.39 is 6.04 Å². The lowest BCUT2D eigenvalue weighted by molar-refractivity contribution is -0.123. The highest BCUT2D eigenvalue weighted by atomic mass is 16.5. The highest BCUT2D eigenvalue weighted by molar-refractivity contribution is 5.81. The average molecular weight is 320 g/mol. The van der Waals surface area contributed by atoms with Crippen molar-refractivity contribution in [1.82, 2.24) is 5.32 Å². The van der Waals surface area contributed by atoms with Gasteiger partial charge in [0, 0.05) is 19.1 Å². The highest BCUT2D eigenvalue weighted by Gasteiger charge is 2.34. The summed E-state index contributed by atoms with van der Waals surface area (Å²) in [5, 5.41) is 3.03. The Morgan fingerprint density at radius 3 is 2.43 bits per heavy atom. The van der Waals surface area contributed by atoms with Gasteiger partial charge in [-0.3, -0.25) is 4.79 Å². The lowest BCUT2D eigenvalue weighted by Gasteiger charge is -2.38. The molecule has 1 atom stereocenters. The van der Waals surface area contributed by atoms with E-state index in [9.17, 15) is 4.79 Å². The summed E-state index contributed by atoms with van der Waals surface area (Å²) in [5.41, 5.74) is 7.07. The third-order valence-electron chi connectivity index (χ3n) is 4.80. The number of hydrogen-bond acceptors (Lipinski definition) is 4. The van der Waals surface area contributed by atoms with E-state index in [1.807, 2.05) is 12.1 Å². The van der Waals surface area contributed by atoms with Crippen molar-refractivity contribution in [2.45, 2.75) is 43.6 Å². The Morgan fingerprint density at radius 1 is 1.22 bits per heavy atom. The van der Waals surface area contributed by atoms with Gasteiger partial charge in [-0.2, -0.15) is 0 Å². The fourth-order valence-electron chi connectivity index (χ4n) is 3.38. The van der Waals surface area contributed by atoms with Crippen molar-refractivity contribution >= 4 is 5.91 Å². The standard InChI is InChI=1S/C18H28N2O3/c1-22-12-16(19)17(21)20-13-18(10-4-3-5-11-18)14-6-8-15(23-2)9-7-14/h6-9,16H,3-5,10-13,19H2,1-2H3,(H,20,21).